The number of nitrogens with zero attached hydrogens (tertiary/aromatic N) is 1. The van der Waals surface area contributed by atoms with Crippen molar-refractivity contribution in [1.82, 2.24) is 10.2 Å². The molecule has 1 fully saturated rings. The van der Waals surface area contributed by atoms with Gasteiger partial charge in [0.2, 0.25) is 5.91 Å². The van der Waals surface area contributed by atoms with Gasteiger partial charge in [0.05, 0.1) is 11.1 Å². The van der Waals surface area contributed by atoms with Crippen molar-refractivity contribution in [2.75, 3.05) is 13.1 Å². The Morgan fingerprint density at radius 3 is 1.94 bits per heavy atom. The molecule has 3 aromatic rings. The lowest BCUT2D eigenvalue weighted by Gasteiger charge is -2.36. The van der Waals surface area contributed by atoms with Crippen LogP contribution in [0.25, 0.3) is 0 Å². The summed E-state index contributed by atoms with van der Waals surface area (Å²) in [5.41, 5.74) is 1.09. The van der Waals surface area contributed by atoms with Gasteiger partial charge in [0, 0.05) is 25.1 Å². The Morgan fingerprint density at radius 2 is 1.42 bits per heavy atom. The van der Waals surface area contributed by atoms with E-state index in [9.17, 15) is 18.4 Å². The maximum absolute atomic E-state index is 14.0. The maximum atomic E-state index is 14.0. The van der Waals surface area contributed by atoms with Crippen LogP contribution in [0.1, 0.15) is 41.3 Å². The first-order chi connectivity index (χ1) is 15.9. The number of benzene rings is 3. The number of halogens is 2. The van der Waals surface area contributed by atoms with E-state index >= 15 is 0 Å². The van der Waals surface area contributed by atoms with Gasteiger partial charge in [-0.1, -0.05) is 60.7 Å². The van der Waals surface area contributed by atoms with Crippen LogP contribution in [-0.2, 0) is 10.3 Å². The summed E-state index contributed by atoms with van der Waals surface area (Å²) in [6.07, 6.45) is 0.945. The Kier molecular flexibility index (Phi) is 6.54. The minimum atomic E-state index is -0.874. The number of carbonyl (C=O) groups excluding carboxylic acids is 2. The normalized spacial score (nSPS) is 14.7. The number of piperidine rings is 1. The van der Waals surface area contributed by atoms with Gasteiger partial charge in [-0.25, -0.2) is 8.78 Å². The summed E-state index contributed by atoms with van der Waals surface area (Å²) in [7, 11) is 0. The van der Waals surface area contributed by atoms with Gasteiger partial charge in [0.1, 0.15) is 11.6 Å². The van der Waals surface area contributed by atoms with E-state index < -0.39 is 23.1 Å². The second-order valence-electron chi connectivity index (χ2n) is 8.54. The molecule has 1 heterocycles. The van der Waals surface area contributed by atoms with Crippen LogP contribution in [0.4, 0.5) is 8.78 Å². The van der Waals surface area contributed by atoms with Gasteiger partial charge in [0.15, 0.2) is 0 Å². The molecule has 1 N–H and O–H groups in total. The average Bonchev–Trinajstić information content (AvgIpc) is 2.85. The first kappa shape index (κ1) is 22.6. The minimum Gasteiger partial charge on any atom is -0.343 e. The molecule has 0 aromatic heterocycles. The van der Waals surface area contributed by atoms with Gasteiger partial charge < -0.3 is 10.2 Å². The van der Waals surface area contributed by atoms with Crippen LogP contribution in [0, 0.1) is 17.6 Å². The van der Waals surface area contributed by atoms with Crippen LogP contribution in [0.15, 0.2) is 78.9 Å². The largest absolute Gasteiger partial charge is 0.343 e. The summed E-state index contributed by atoms with van der Waals surface area (Å²) >= 11 is 0. The monoisotopic (exact) mass is 448 g/mol. The molecule has 170 valence electrons. The van der Waals surface area contributed by atoms with E-state index in [0.717, 1.165) is 23.3 Å². The number of amides is 2. The highest BCUT2D eigenvalue weighted by Gasteiger charge is 2.35. The number of hydrogen-bond donors (Lipinski definition) is 1. The van der Waals surface area contributed by atoms with Crippen molar-refractivity contribution in [3.63, 3.8) is 0 Å². The molecular weight excluding hydrogens is 422 g/mol. The standard InChI is InChI=1S/C27H26F2N2O2/c1-27(20-8-4-2-5-9-20,21-10-6-3-7-11-21)30-25(32)19-14-16-31(17-15-19)26(33)23-13-12-22(28)18-24(23)29/h2-13,18-19H,14-17H2,1H3,(H,30,32). The molecule has 3 aromatic carbocycles. The van der Waals surface area contributed by atoms with Gasteiger partial charge in [-0.05, 0) is 43.0 Å². The molecular formula is C27H26F2N2O2. The number of likely N-dealkylation sites (tertiary alicyclic amines) is 1. The molecule has 0 atom stereocenters. The molecule has 1 aliphatic rings. The van der Waals surface area contributed by atoms with Gasteiger partial charge in [-0.15, -0.1) is 0 Å². The molecule has 2 amide bonds. The molecule has 6 heteroatoms. The Bertz CT molecular complexity index is 1090. The van der Waals surface area contributed by atoms with E-state index in [0.29, 0.717) is 32.0 Å². The Labute approximate surface area is 192 Å². The van der Waals surface area contributed by atoms with E-state index in [-0.39, 0.29) is 17.4 Å². The molecule has 4 nitrogen and oxygen atoms in total. The zero-order valence-electron chi connectivity index (χ0n) is 18.4. The molecule has 0 saturated carbocycles. The summed E-state index contributed by atoms with van der Waals surface area (Å²) in [6, 6.07) is 22.6. The highest BCUT2D eigenvalue weighted by Crippen LogP contribution is 2.30. The third kappa shape index (κ3) is 4.80. The highest BCUT2D eigenvalue weighted by molar-refractivity contribution is 5.94. The summed E-state index contributed by atoms with van der Waals surface area (Å²) in [4.78, 5) is 27.5. The van der Waals surface area contributed by atoms with E-state index in [2.05, 4.69) is 5.32 Å². The van der Waals surface area contributed by atoms with Crippen LogP contribution >= 0.6 is 0 Å². The molecule has 0 aliphatic carbocycles. The Hall–Kier alpha value is -3.54. The SMILES string of the molecule is CC(NC(=O)C1CCN(C(=O)c2ccc(F)cc2F)CC1)(c1ccccc1)c1ccccc1. The fourth-order valence-corrected chi connectivity index (χ4v) is 4.38. The first-order valence-corrected chi connectivity index (χ1v) is 11.1. The van der Waals surface area contributed by atoms with Crippen molar-refractivity contribution in [3.8, 4) is 0 Å². The minimum absolute atomic E-state index is 0.0785. The summed E-state index contributed by atoms with van der Waals surface area (Å²) in [6.45, 7) is 2.66. The lowest BCUT2D eigenvalue weighted by molar-refractivity contribution is -0.127. The fourth-order valence-electron chi connectivity index (χ4n) is 4.38. The third-order valence-corrected chi connectivity index (χ3v) is 6.39. The molecule has 1 saturated heterocycles. The summed E-state index contributed by atoms with van der Waals surface area (Å²) in [5, 5.41) is 3.24. The molecule has 0 spiro atoms. The van der Waals surface area contributed by atoms with Crippen LogP contribution in [0.2, 0.25) is 0 Å². The topological polar surface area (TPSA) is 49.4 Å². The molecule has 33 heavy (non-hydrogen) atoms. The van der Waals surface area contributed by atoms with E-state index in [4.69, 9.17) is 0 Å². The quantitative estimate of drug-likeness (QED) is 0.604. The predicted molar refractivity (Wildman–Crippen MR) is 122 cm³/mol. The number of hydrogen-bond acceptors (Lipinski definition) is 2. The second-order valence-corrected chi connectivity index (χ2v) is 8.54. The van der Waals surface area contributed by atoms with E-state index in [1.807, 2.05) is 67.6 Å². The summed E-state index contributed by atoms with van der Waals surface area (Å²) in [5.74, 6) is -2.42. The second kappa shape index (κ2) is 9.53. The molecule has 0 bridgehead atoms. The first-order valence-electron chi connectivity index (χ1n) is 11.1. The van der Waals surface area contributed by atoms with Crippen molar-refractivity contribution < 1.29 is 18.4 Å². The van der Waals surface area contributed by atoms with Gasteiger partial charge >= 0.3 is 0 Å². The van der Waals surface area contributed by atoms with E-state index in [1.54, 1.807) is 0 Å². The number of rotatable bonds is 5. The van der Waals surface area contributed by atoms with Crippen LogP contribution in [-0.4, -0.2) is 29.8 Å². The third-order valence-electron chi connectivity index (χ3n) is 6.39. The highest BCUT2D eigenvalue weighted by atomic mass is 19.1. The molecule has 0 radical (unpaired) electrons. The van der Waals surface area contributed by atoms with Crippen molar-refractivity contribution in [2.24, 2.45) is 5.92 Å². The van der Waals surface area contributed by atoms with Crippen molar-refractivity contribution in [1.29, 1.82) is 0 Å². The lowest BCUT2D eigenvalue weighted by Crippen LogP contribution is -2.49. The van der Waals surface area contributed by atoms with Crippen LogP contribution < -0.4 is 5.32 Å². The molecule has 0 unspecified atom stereocenters. The fraction of sp³-hybridized carbons (Fsp3) is 0.259. The van der Waals surface area contributed by atoms with Crippen LogP contribution in [0.3, 0.4) is 0 Å². The van der Waals surface area contributed by atoms with Gasteiger partial charge in [-0.2, -0.15) is 0 Å². The predicted octanol–water partition coefficient (Wildman–Crippen LogP) is 4.90. The van der Waals surface area contributed by atoms with Crippen molar-refractivity contribution in [2.45, 2.75) is 25.3 Å². The van der Waals surface area contributed by atoms with E-state index in [1.165, 1.54) is 4.90 Å². The zero-order chi connectivity index (χ0) is 23.4. The lowest BCUT2D eigenvalue weighted by atomic mass is 9.83. The Morgan fingerprint density at radius 1 is 0.879 bits per heavy atom. The average molecular weight is 449 g/mol. The molecule has 1 aliphatic heterocycles. The Balaban J connectivity index is 1.46. The summed E-state index contributed by atoms with van der Waals surface area (Å²) < 4.78 is 27.2. The molecule has 4 rings (SSSR count). The van der Waals surface area contributed by atoms with Crippen molar-refractivity contribution >= 4 is 11.8 Å². The maximum Gasteiger partial charge on any atom is 0.256 e. The van der Waals surface area contributed by atoms with Gasteiger partial charge in [-0.3, -0.25) is 9.59 Å². The smallest absolute Gasteiger partial charge is 0.256 e. The number of carbonyl (C=O) groups is 2. The van der Waals surface area contributed by atoms with Crippen molar-refractivity contribution in [3.05, 3.63) is 107 Å². The van der Waals surface area contributed by atoms with Crippen LogP contribution in [0.5, 0.6) is 0 Å². The zero-order valence-corrected chi connectivity index (χ0v) is 18.4. The number of nitrogens with one attached hydrogen (secondary N) is 1. The van der Waals surface area contributed by atoms with Gasteiger partial charge in [0.25, 0.3) is 5.91 Å².